The second-order valence-corrected chi connectivity index (χ2v) is 7.47. The average molecular weight is 407 g/mol. The number of rotatable bonds is 7. The van der Waals surface area contributed by atoms with Crippen LogP contribution in [0.3, 0.4) is 0 Å². The molecule has 0 aliphatic heterocycles. The number of hydrogen-bond acceptors (Lipinski definition) is 5. The summed E-state index contributed by atoms with van der Waals surface area (Å²) in [5.74, 6) is 2.22. The molecular formula is C21H25N7O2. The lowest BCUT2D eigenvalue weighted by Gasteiger charge is -2.12. The van der Waals surface area contributed by atoms with Gasteiger partial charge in [-0.05, 0) is 49.4 Å². The number of imidazole rings is 1. The molecule has 0 amide bonds. The Morgan fingerprint density at radius 3 is 2.83 bits per heavy atom. The van der Waals surface area contributed by atoms with E-state index in [0.29, 0.717) is 41.6 Å². The Balaban J connectivity index is 1.91. The summed E-state index contributed by atoms with van der Waals surface area (Å²) in [5.41, 5.74) is 11.2. The average Bonchev–Trinajstić information content (AvgIpc) is 3.41. The van der Waals surface area contributed by atoms with E-state index in [1.54, 1.807) is 4.52 Å². The number of azide groups is 1. The highest BCUT2D eigenvalue weighted by Crippen LogP contribution is 2.34. The fraction of sp³-hybridized carbons (Fsp3) is 0.476. The Kier molecular flexibility index (Phi) is 5.72. The van der Waals surface area contributed by atoms with E-state index in [2.05, 4.69) is 15.0 Å². The number of aryl methyl sites for hydroxylation is 1. The molecule has 1 aliphatic carbocycles. The zero-order chi connectivity index (χ0) is 21.1. The van der Waals surface area contributed by atoms with Gasteiger partial charge in [0.25, 0.3) is 5.56 Å². The van der Waals surface area contributed by atoms with Crippen molar-refractivity contribution in [1.82, 2.24) is 19.6 Å². The summed E-state index contributed by atoms with van der Waals surface area (Å²) >= 11 is 0. The molecule has 1 fully saturated rings. The van der Waals surface area contributed by atoms with Crippen LogP contribution >= 0.6 is 0 Å². The lowest BCUT2D eigenvalue weighted by atomic mass is 10.1. The van der Waals surface area contributed by atoms with Crippen molar-refractivity contribution in [3.63, 3.8) is 0 Å². The third-order valence-electron chi connectivity index (χ3n) is 5.57. The van der Waals surface area contributed by atoms with E-state index in [0.717, 1.165) is 29.9 Å². The fourth-order valence-corrected chi connectivity index (χ4v) is 4.17. The van der Waals surface area contributed by atoms with Crippen LogP contribution in [-0.2, 0) is 13.0 Å². The first-order valence-electron chi connectivity index (χ1n) is 10.4. The van der Waals surface area contributed by atoms with Gasteiger partial charge in [0.15, 0.2) is 11.3 Å². The summed E-state index contributed by atoms with van der Waals surface area (Å²) < 4.78 is 7.50. The predicted octanol–water partition coefficient (Wildman–Crippen LogP) is 4.51. The van der Waals surface area contributed by atoms with Crippen molar-refractivity contribution in [1.29, 1.82) is 0 Å². The molecular weight excluding hydrogens is 382 g/mol. The van der Waals surface area contributed by atoms with E-state index in [9.17, 15) is 4.79 Å². The van der Waals surface area contributed by atoms with E-state index in [4.69, 9.17) is 20.4 Å². The van der Waals surface area contributed by atoms with Crippen LogP contribution in [0.4, 0.5) is 0 Å². The lowest BCUT2D eigenvalue weighted by Crippen LogP contribution is -2.17. The number of aromatic nitrogens is 4. The van der Waals surface area contributed by atoms with Crippen molar-refractivity contribution in [2.75, 3.05) is 6.61 Å². The molecule has 0 spiro atoms. The van der Waals surface area contributed by atoms with Crippen molar-refractivity contribution < 1.29 is 4.74 Å². The molecule has 0 bridgehead atoms. The van der Waals surface area contributed by atoms with E-state index >= 15 is 0 Å². The summed E-state index contributed by atoms with van der Waals surface area (Å²) in [6, 6.07) is 5.50. The lowest BCUT2D eigenvalue weighted by molar-refractivity contribution is 0.341. The summed E-state index contributed by atoms with van der Waals surface area (Å²) in [5, 5.41) is 8.43. The number of nitrogens with one attached hydrogen (secondary N) is 1. The minimum atomic E-state index is -0.212. The maximum absolute atomic E-state index is 13.0. The number of nitrogens with zero attached hydrogens (tertiary/aromatic N) is 6. The molecule has 1 saturated carbocycles. The van der Waals surface area contributed by atoms with Gasteiger partial charge in [-0.2, -0.15) is 0 Å². The topological polar surface area (TPSA) is 121 Å². The van der Waals surface area contributed by atoms with Gasteiger partial charge < -0.3 is 9.72 Å². The Morgan fingerprint density at radius 2 is 2.13 bits per heavy atom. The van der Waals surface area contributed by atoms with Crippen LogP contribution in [-0.4, -0.2) is 26.2 Å². The molecule has 30 heavy (non-hydrogen) atoms. The SMILES string of the molecule is CCOc1ccc(CN=[N+]=[N-])cc1-c1nn2c(C3CCCC3)nc(CC)c2c(=O)[nH]1. The first-order valence-corrected chi connectivity index (χ1v) is 10.4. The molecule has 9 heteroatoms. The smallest absolute Gasteiger partial charge is 0.277 e. The number of aromatic amines is 1. The quantitative estimate of drug-likeness (QED) is 0.352. The predicted molar refractivity (Wildman–Crippen MR) is 114 cm³/mol. The highest BCUT2D eigenvalue weighted by atomic mass is 16.5. The highest BCUT2D eigenvalue weighted by molar-refractivity contribution is 5.66. The molecule has 156 valence electrons. The van der Waals surface area contributed by atoms with E-state index < -0.39 is 0 Å². The monoisotopic (exact) mass is 407 g/mol. The van der Waals surface area contributed by atoms with Crippen LogP contribution in [0, 0.1) is 0 Å². The normalized spacial score (nSPS) is 14.2. The summed E-state index contributed by atoms with van der Waals surface area (Å²) in [6.45, 7) is 4.59. The van der Waals surface area contributed by atoms with Gasteiger partial charge in [0.2, 0.25) is 0 Å². The zero-order valence-corrected chi connectivity index (χ0v) is 17.3. The summed E-state index contributed by atoms with van der Waals surface area (Å²) in [7, 11) is 0. The van der Waals surface area contributed by atoms with Crippen LogP contribution < -0.4 is 10.3 Å². The third-order valence-corrected chi connectivity index (χ3v) is 5.57. The molecule has 4 rings (SSSR count). The molecule has 2 aromatic heterocycles. The van der Waals surface area contributed by atoms with Gasteiger partial charge in [-0.25, -0.2) is 9.50 Å². The molecule has 1 N–H and O–H groups in total. The molecule has 2 heterocycles. The van der Waals surface area contributed by atoms with Gasteiger partial charge in [0.05, 0.1) is 24.4 Å². The fourth-order valence-electron chi connectivity index (χ4n) is 4.17. The van der Waals surface area contributed by atoms with Gasteiger partial charge in [-0.3, -0.25) is 4.79 Å². The van der Waals surface area contributed by atoms with Gasteiger partial charge in [-0.1, -0.05) is 30.9 Å². The zero-order valence-electron chi connectivity index (χ0n) is 17.3. The van der Waals surface area contributed by atoms with Crippen LogP contribution in [0.5, 0.6) is 5.75 Å². The molecule has 0 radical (unpaired) electrons. The minimum Gasteiger partial charge on any atom is -0.493 e. The van der Waals surface area contributed by atoms with Gasteiger partial charge in [0.1, 0.15) is 11.6 Å². The van der Waals surface area contributed by atoms with Crippen molar-refractivity contribution >= 4 is 5.52 Å². The first-order chi connectivity index (χ1) is 14.7. The van der Waals surface area contributed by atoms with Crippen LogP contribution in [0.1, 0.15) is 62.5 Å². The molecule has 1 aliphatic rings. The molecule has 0 saturated heterocycles. The van der Waals surface area contributed by atoms with Crippen molar-refractivity contribution in [3.8, 4) is 17.1 Å². The summed E-state index contributed by atoms with van der Waals surface area (Å²) in [6.07, 6.45) is 5.15. The Morgan fingerprint density at radius 1 is 1.33 bits per heavy atom. The Labute approximate surface area is 173 Å². The van der Waals surface area contributed by atoms with Gasteiger partial charge in [0, 0.05) is 10.8 Å². The first kappa shape index (κ1) is 20.0. The molecule has 0 atom stereocenters. The summed E-state index contributed by atoms with van der Waals surface area (Å²) in [4.78, 5) is 23.6. The number of ether oxygens (including phenoxy) is 1. The minimum absolute atomic E-state index is 0.209. The number of hydrogen-bond donors (Lipinski definition) is 1. The van der Waals surface area contributed by atoms with Crippen molar-refractivity contribution in [3.05, 3.63) is 56.1 Å². The molecule has 9 nitrogen and oxygen atoms in total. The largest absolute Gasteiger partial charge is 0.493 e. The second kappa shape index (κ2) is 8.59. The number of H-pyrrole nitrogens is 1. The highest BCUT2D eigenvalue weighted by Gasteiger charge is 2.26. The van der Waals surface area contributed by atoms with Crippen LogP contribution in [0.15, 0.2) is 28.1 Å². The second-order valence-electron chi connectivity index (χ2n) is 7.47. The van der Waals surface area contributed by atoms with Crippen molar-refractivity contribution in [2.24, 2.45) is 5.11 Å². The molecule has 0 unspecified atom stereocenters. The van der Waals surface area contributed by atoms with E-state index in [-0.39, 0.29) is 12.1 Å². The number of fused-ring (bicyclic) bond motifs is 1. The maximum Gasteiger partial charge on any atom is 0.277 e. The standard InChI is InChI=1S/C21H25N7O2/c1-3-16-18-21(29)25-19(26-28(18)20(24-16)14-7-5-6-8-14)15-11-13(12-23-27-22)9-10-17(15)30-4-2/h9-11,14H,3-8,12H2,1-2H3,(H,25,26,29). The Hall–Kier alpha value is -3.32. The van der Waals surface area contributed by atoms with Gasteiger partial charge >= 0.3 is 0 Å². The molecule has 3 aromatic rings. The number of benzene rings is 1. The maximum atomic E-state index is 13.0. The van der Waals surface area contributed by atoms with Crippen LogP contribution in [0.25, 0.3) is 27.3 Å². The van der Waals surface area contributed by atoms with Gasteiger partial charge in [-0.15, -0.1) is 5.10 Å². The third kappa shape index (κ3) is 3.64. The van der Waals surface area contributed by atoms with E-state index in [1.165, 1.54) is 12.8 Å². The Bertz CT molecular complexity index is 1170. The molecule has 1 aromatic carbocycles. The van der Waals surface area contributed by atoms with E-state index in [1.807, 2.05) is 32.0 Å². The van der Waals surface area contributed by atoms with Crippen LogP contribution in [0.2, 0.25) is 0 Å². The van der Waals surface area contributed by atoms with Crippen molar-refractivity contribution in [2.45, 2.75) is 58.4 Å².